The maximum Gasteiger partial charge on any atom is 0.338 e. The molecule has 3 rings (SSSR count). The number of para-hydroxylation sites is 1. The van der Waals surface area contributed by atoms with Gasteiger partial charge in [-0.2, -0.15) is 0 Å². The van der Waals surface area contributed by atoms with Gasteiger partial charge in [0, 0.05) is 13.1 Å². The maximum absolute atomic E-state index is 13.2. The molecule has 3 amide bonds. The Labute approximate surface area is 184 Å². The zero-order valence-electron chi connectivity index (χ0n) is 16.6. The molecule has 1 heterocycles. The topological polar surface area (TPSA) is 122 Å². The van der Waals surface area contributed by atoms with Gasteiger partial charge in [0.1, 0.15) is 4.90 Å². The summed E-state index contributed by atoms with van der Waals surface area (Å²) in [5.41, 5.74) is 1.37. The molecular weight excluding hydrogens is 446 g/mol. The first-order valence-corrected chi connectivity index (χ1v) is 11.2. The van der Waals surface area contributed by atoms with Crippen molar-refractivity contribution >= 4 is 45.2 Å². The number of hydrogen-bond acceptors (Lipinski definition) is 6. The molecular formula is C20H20ClN3O6S. The molecule has 0 saturated carbocycles. The van der Waals surface area contributed by atoms with Gasteiger partial charge in [-0.3, -0.25) is 14.4 Å². The first-order chi connectivity index (χ1) is 14.7. The second-order valence-corrected chi connectivity index (χ2v) is 8.82. The van der Waals surface area contributed by atoms with Crippen molar-refractivity contribution in [3.05, 3.63) is 58.6 Å². The molecule has 1 aliphatic heterocycles. The molecule has 9 nitrogen and oxygen atoms in total. The van der Waals surface area contributed by atoms with E-state index >= 15 is 0 Å². The monoisotopic (exact) mass is 465 g/mol. The molecule has 164 valence electrons. The molecule has 1 aliphatic rings. The number of halogens is 1. The molecule has 31 heavy (non-hydrogen) atoms. The van der Waals surface area contributed by atoms with Gasteiger partial charge in [-0.25, -0.2) is 18.0 Å². The Balaban J connectivity index is 1.77. The number of hydrogen-bond donors (Lipinski definition) is 2. The number of carbonyl (C=O) groups excluding carboxylic acids is 3. The fourth-order valence-corrected chi connectivity index (χ4v) is 5.09. The number of nitrogens with zero attached hydrogens (tertiary/aromatic N) is 1. The number of carbonyl (C=O) groups is 3. The van der Waals surface area contributed by atoms with Crippen LogP contribution in [-0.2, 0) is 26.0 Å². The number of rotatable bonds is 6. The molecule has 0 radical (unpaired) electrons. The lowest BCUT2D eigenvalue weighted by molar-refractivity contribution is -0.123. The number of benzene rings is 2. The SMILES string of the molecule is CCNC(=O)NC(=O)COC(=O)c1ccc(Cl)c(S(=O)(=O)N2CCc3ccccc32)c1. The molecule has 0 bridgehead atoms. The summed E-state index contributed by atoms with van der Waals surface area (Å²) in [4.78, 5) is 35.0. The van der Waals surface area contributed by atoms with Crippen molar-refractivity contribution in [2.45, 2.75) is 18.2 Å². The van der Waals surface area contributed by atoms with Crippen molar-refractivity contribution in [1.29, 1.82) is 0 Å². The second kappa shape index (κ2) is 9.36. The Morgan fingerprint density at radius 3 is 2.65 bits per heavy atom. The van der Waals surface area contributed by atoms with Crippen LogP contribution in [0.2, 0.25) is 5.02 Å². The van der Waals surface area contributed by atoms with E-state index in [1.165, 1.54) is 16.4 Å². The number of fused-ring (bicyclic) bond motifs is 1. The molecule has 0 atom stereocenters. The fourth-order valence-electron chi connectivity index (χ4n) is 3.09. The highest BCUT2D eigenvalue weighted by Gasteiger charge is 2.32. The van der Waals surface area contributed by atoms with Crippen molar-refractivity contribution in [3.63, 3.8) is 0 Å². The van der Waals surface area contributed by atoms with Gasteiger partial charge in [0.15, 0.2) is 6.61 Å². The molecule has 0 aliphatic carbocycles. The minimum Gasteiger partial charge on any atom is -0.452 e. The zero-order chi connectivity index (χ0) is 22.6. The van der Waals surface area contributed by atoms with E-state index in [1.54, 1.807) is 19.1 Å². The number of esters is 1. The highest BCUT2D eigenvalue weighted by atomic mass is 35.5. The second-order valence-electron chi connectivity index (χ2n) is 6.58. The average Bonchev–Trinajstić information content (AvgIpc) is 3.17. The normalized spacial score (nSPS) is 12.8. The zero-order valence-corrected chi connectivity index (χ0v) is 18.1. The Hall–Kier alpha value is -3.11. The van der Waals surface area contributed by atoms with E-state index in [9.17, 15) is 22.8 Å². The van der Waals surface area contributed by atoms with Crippen LogP contribution >= 0.6 is 11.6 Å². The van der Waals surface area contributed by atoms with Crippen molar-refractivity contribution in [1.82, 2.24) is 10.6 Å². The molecule has 0 aromatic heterocycles. The maximum atomic E-state index is 13.2. The van der Waals surface area contributed by atoms with Crippen LogP contribution in [0, 0.1) is 0 Å². The lowest BCUT2D eigenvalue weighted by atomic mass is 10.2. The third-order valence-electron chi connectivity index (χ3n) is 4.50. The molecule has 2 aromatic rings. The van der Waals surface area contributed by atoms with Crippen LogP contribution in [0.15, 0.2) is 47.4 Å². The van der Waals surface area contributed by atoms with Gasteiger partial charge < -0.3 is 10.1 Å². The number of ether oxygens (including phenoxy) is 1. The quantitative estimate of drug-likeness (QED) is 0.630. The van der Waals surface area contributed by atoms with Crippen LogP contribution in [0.5, 0.6) is 0 Å². The first kappa shape index (κ1) is 22.6. The number of urea groups is 1. The molecule has 0 unspecified atom stereocenters. The van der Waals surface area contributed by atoms with E-state index in [0.717, 1.165) is 11.6 Å². The number of nitrogens with one attached hydrogen (secondary N) is 2. The molecule has 2 N–H and O–H groups in total. The Kier molecular flexibility index (Phi) is 6.81. The van der Waals surface area contributed by atoms with E-state index in [2.05, 4.69) is 5.32 Å². The van der Waals surface area contributed by atoms with Gasteiger partial charge >= 0.3 is 12.0 Å². The Bertz CT molecular complexity index is 1140. The van der Waals surface area contributed by atoms with Crippen LogP contribution in [-0.4, -0.2) is 46.0 Å². The predicted octanol–water partition coefficient (Wildman–Crippen LogP) is 2.09. The predicted molar refractivity (Wildman–Crippen MR) is 114 cm³/mol. The van der Waals surface area contributed by atoms with Crippen LogP contribution in [0.3, 0.4) is 0 Å². The highest BCUT2D eigenvalue weighted by Crippen LogP contribution is 2.35. The Morgan fingerprint density at radius 2 is 1.90 bits per heavy atom. The summed E-state index contributed by atoms with van der Waals surface area (Å²) in [5.74, 6) is -1.75. The van der Waals surface area contributed by atoms with Gasteiger partial charge in [0.25, 0.3) is 15.9 Å². The minimum absolute atomic E-state index is 0.0464. The fraction of sp³-hybridized carbons (Fsp3) is 0.250. The van der Waals surface area contributed by atoms with Crippen LogP contribution in [0.1, 0.15) is 22.8 Å². The van der Waals surface area contributed by atoms with Gasteiger partial charge in [0.05, 0.1) is 16.3 Å². The highest BCUT2D eigenvalue weighted by molar-refractivity contribution is 7.93. The summed E-state index contributed by atoms with van der Waals surface area (Å²) in [6.07, 6.45) is 0.565. The van der Waals surface area contributed by atoms with E-state index in [-0.39, 0.29) is 22.0 Å². The van der Waals surface area contributed by atoms with E-state index in [0.29, 0.717) is 18.7 Å². The van der Waals surface area contributed by atoms with Crippen LogP contribution < -0.4 is 14.9 Å². The standard InChI is InChI=1S/C20H20ClN3O6S/c1-2-22-20(27)23-18(25)12-30-19(26)14-7-8-15(21)17(11-14)31(28,29)24-10-9-13-5-3-4-6-16(13)24/h3-8,11H,2,9-10,12H2,1H3,(H2,22,23,25,27). The third-order valence-corrected chi connectivity index (χ3v) is 6.80. The van der Waals surface area contributed by atoms with E-state index < -0.39 is 34.5 Å². The molecule has 0 spiro atoms. The van der Waals surface area contributed by atoms with Crippen LogP contribution in [0.25, 0.3) is 0 Å². The number of amides is 3. The third kappa shape index (κ3) is 4.97. The summed E-state index contributed by atoms with van der Waals surface area (Å²) in [6.45, 7) is 1.55. The summed E-state index contributed by atoms with van der Waals surface area (Å²) in [5, 5.41) is 4.31. The lowest BCUT2D eigenvalue weighted by Crippen LogP contribution is -2.41. The van der Waals surface area contributed by atoms with Crippen molar-refractivity contribution in [2.24, 2.45) is 0 Å². The van der Waals surface area contributed by atoms with E-state index in [4.69, 9.17) is 16.3 Å². The van der Waals surface area contributed by atoms with Crippen LogP contribution in [0.4, 0.5) is 10.5 Å². The minimum atomic E-state index is -4.03. The summed E-state index contributed by atoms with van der Waals surface area (Å²) < 4.78 is 32.6. The summed E-state index contributed by atoms with van der Waals surface area (Å²) in [7, 11) is -4.03. The molecule has 0 fully saturated rings. The molecule has 11 heteroatoms. The van der Waals surface area contributed by atoms with Gasteiger partial charge in [0.2, 0.25) is 0 Å². The molecule has 2 aromatic carbocycles. The smallest absolute Gasteiger partial charge is 0.338 e. The lowest BCUT2D eigenvalue weighted by Gasteiger charge is -2.20. The van der Waals surface area contributed by atoms with Gasteiger partial charge in [-0.05, 0) is 43.2 Å². The van der Waals surface area contributed by atoms with Crippen molar-refractivity contribution in [2.75, 3.05) is 24.0 Å². The van der Waals surface area contributed by atoms with Gasteiger partial charge in [-0.1, -0.05) is 29.8 Å². The number of sulfonamides is 1. The molecule has 0 saturated heterocycles. The van der Waals surface area contributed by atoms with E-state index in [1.807, 2.05) is 17.4 Å². The largest absolute Gasteiger partial charge is 0.452 e. The number of anilines is 1. The average molecular weight is 466 g/mol. The first-order valence-electron chi connectivity index (χ1n) is 9.39. The summed E-state index contributed by atoms with van der Waals surface area (Å²) in [6, 6.07) is 10.1. The van der Waals surface area contributed by atoms with Crippen molar-refractivity contribution < 1.29 is 27.5 Å². The number of imide groups is 1. The summed E-state index contributed by atoms with van der Waals surface area (Å²) >= 11 is 6.14. The Morgan fingerprint density at radius 1 is 1.16 bits per heavy atom. The van der Waals surface area contributed by atoms with Gasteiger partial charge in [-0.15, -0.1) is 0 Å². The van der Waals surface area contributed by atoms with Crippen molar-refractivity contribution in [3.8, 4) is 0 Å².